The second-order valence-electron chi connectivity index (χ2n) is 9.18. The molecule has 0 spiro atoms. The summed E-state index contributed by atoms with van der Waals surface area (Å²) in [6.07, 6.45) is 4.47. The first-order chi connectivity index (χ1) is 14.4. The van der Waals surface area contributed by atoms with Crippen LogP contribution < -0.4 is 37.2 Å². The molecule has 1 aliphatic carbocycles. The average Bonchev–Trinajstić information content (AvgIpc) is 3.10. The van der Waals surface area contributed by atoms with Crippen LogP contribution in [-0.2, 0) is 32.3 Å². The van der Waals surface area contributed by atoms with Crippen molar-refractivity contribution in [1.29, 1.82) is 0 Å². The van der Waals surface area contributed by atoms with Crippen LogP contribution in [0, 0.1) is 5.41 Å². The van der Waals surface area contributed by atoms with Crippen molar-refractivity contribution in [3.63, 3.8) is 0 Å². The summed E-state index contributed by atoms with van der Waals surface area (Å²) in [4.78, 5) is 0. The van der Waals surface area contributed by atoms with Gasteiger partial charge in [-0.2, -0.15) is 0 Å². The van der Waals surface area contributed by atoms with E-state index in [1.165, 1.54) is 26.1 Å². The Bertz CT molecular complexity index is 1030. The minimum Gasteiger partial charge on any atom is -1.00 e. The van der Waals surface area contributed by atoms with Gasteiger partial charge in [-0.3, -0.25) is 0 Å². The Kier molecular flexibility index (Phi) is 11.2. The summed E-state index contributed by atoms with van der Waals surface area (Å²) in [6, 6.07) is 33.1. The molecule has 0 saturated heterocycles. The maximum Gasteiger partial charge on any atom is -1.00 e. The summed E-state index contributed by atoms with van der Waals surface area (Å²) in [5.74, 6) is 0. The summed E-state index contributed by atoms with van der Waals surface area (Å²) in [5.41, 5.74) is 7.00. The molecule has 0 N–H and O–H groups in total. The van der Waals surface area contributed by atoms with Crippen molar-refractivity contribution in [2.24, 2.45) is 5.41 Å². The van der Waals surface area contributed by atoms with Crippen LogP contribution in [0.5, 0.6) is 0 Å². The Balaban J connectivity index is 0.00000181. The van der Waals surface area contributed by atoms with Gasteiger partial charge in [0.1, 0.15) is 0 Å². The molecule has 0 bridgehead atoms. The van der Waals surface area contributed by atoms with E-state index in [1.807, 2.05) is 0 Å². The van der Waals surface area contributed by atoms with Gasteiger partial charge in [-0.05, 0) is 0 Å². The molecule has 0 amide bonds. The standard InChI is InChI=1S/C29H29.3ClH.Ti/c1-28(2,3)29(25-15-9-5-10-16-25,26-17-11-6-12-18-26)27-20-19-24(22-27)21-23-13-7-4-8-14-23;;;;/h4-19H,20-21H2,1-3H3;3*1H;/q;;;;+3/p-3. The fraction of sp³-hybridized carbons (Fsp3) is 0.241. The Morgan fingerprint density at radius 2 is 1.09 bits per heavy atom. The van der Waals surface area contributed by atoms with Gasteiger partial charge >= 0.3 is 194 Å². The fourth-order valence-electron chi connectivity index (χ4n) is 5.15. The van der Waals surface area contributed by atoms with E-state index in [-0.39, 0.29) is 48.1 Å². The van der Waals surface area contributed by atoms with Gasteiger partial charge in [-0.15, -0.1) is 0 Å². The molecule has 0 heterocycles. The van der Waals surface area contributed by atoms with E-state index in [1.54, 1.807) is 5.57 Å². The zero-order chi connectivity index (χ0) is 21.2. The second kappa shape index (κ2) is 12.4. The van der Waals surface area contributed by atoms with Crippen molar-refractivity contribution < 1.29 is 57.7 Å². The number of rotatable bonds is 5. The van der Waals surface area contributed by atoms with Crippen LogP contribution in [0.3, 0.4) is 0 Å². The SMILES string of the molecule is CC(C)(C)C(C1=[C]([Ti+3])C(Cc2ccccc2)=CC1)(c1ccccc1)c1ccccc1.[Cl-].[Cl-].[Cl-]. The van der Waals surface area contributed by atoms with E-state index in [0.717, 1.165) is 12.8 Å². The molecule has 170 valence electrons. The van der Waals surface area contributed by atoms with Gasteiger partial charge in [0.2, 0.25) is 0 Å². The molecule has 33 heavy (non-hydrogen) atoms. The average molecular weight is 532 g/mol. The summed E-state index contributed by atoms with van der Waals surface area (Å²) < 4.78 is 1.46. The first-order valence-electron chi connectivity index (χ1n) is 10.7. The number of halogens is 3. The van der Waals surface area contributed by atoms with Crippen molar-refractivity contribution in [2.75, 3.05) is 0 Å². The van der Waals surface area contributed by atoms with Crippen molar-refractivity contribution in [1.82, 2.24) is 0 Å². The minimum atomic E-state index is -0.172. The van der Waals surface area contributed by atoms with E-state index in [9.17, 15) is 0 Å². The van der Waals surface area contributed by atoms with Crippen LogP contribution in [0.2, 0.25) is 0 Å². The third-order valence-corrected chi connectivity index (χ3v) is 7.38. The van der Waals surface area contributed by atoms with Gasteiger partial charge in [0, 0.05) is 0 Å². The molecule has 4 rings (SSSR count). The quantitative estimate of drug-likeness (QED) is 0.348. The van der Waals surface area contributed by atoms with E-state index >= 15 is 0 Å². The first-order valence-corrected chi connectivity index (χ1v) is 11.5. The summed E-state index contributed by atoms with van der Waals surface area (Å²) in [6.45, 7) is 7.17. The van der Waals surface area contributed by atoms with Gasteiger partial charge in [-0.25, -0.2) is 0 Å². The third-order valence-electron chi connectivity index (χ3n) is 6.40. The van der Waals surface area contributed by atoms with Gasteiger partial charge in [0.15, 0.2) is 0 Å². The van der Waals surface area contributed by atoms with Crippen LogP contribution >= 0.6 is 0 Å². The van der Waals surface area contributed by atoms with E-state index in [0.29, 0.717) is 0 Å². The predicted molar refractivity (Wildman–Crippen MR) is 123 cm³/mol. The van der Waals surface area contributed by atoms with Gasteiger partial charge < -0.3 is 37.2 Å². The fourth-order valence-corrected chi connectivity index (χ4v) is 5.90. The van der Waals surface area contributed by atoms with E-state index in [2.05, 4.69) is 138 Å². The van der Waals surface area contributed by atoms with Crippen LogP contribution in [0.4, 0.5) is 0 Å². The second-order valence-corrected chi connectivity index (χ2v) is 9.96. The van der Waals surface area contributed by atoms with Crippen molar-refractivity contribution in [3.8, 4) is 0 Å². The van der Waals surface area contributed by atoms with E-state index < -0.39 is 0 Å². The molecule has 0 nitrogen and oxygen atoms in total. The molecular weight excluding hydrogens is 503 g/mol. The Labute approximate surface area is 229 Å². The summed E-state index contributed by atoms with van der Waals surface area (Å²) in [7, 11) is 0. The Morgan fingerprint density at radius 3 is 1.52 bits per heavy atom. The van der Waals surface area contributed by atoms with Crippen LogP contribution in [0.25, 0.3) is 0 Å². The topological polar surface area (TPSA) is 0 Å². The molecular formula is C29H29Cl3Ti. The molecule has 0 saturated carbocycles. The van der Waals surface area contributed by atoms with E-state index in [4.69, 9.17) is 0 Å². The minimum absolute atomic E-state index is 0. The third kappa shape index (κ3) is 5.69. The zero-order valence-corrected chi connectivity index (χ0v) is 23.1. The van der Waals surface area contributed by atoms with Crippen molar-refractivity contribution in [3.05, 3.63) is 129 Å². The molecule has 0 unspecified atom stereocenters. The number of benzene rings is 3. The normalized spacial score (nSPS) is 13.4. The van der Waals surface area contributed by atoms with Crippen LogP contribution in [0.1, 0.15) is 43.9 Å². The van der Waals surface area contributed by atoms with Crippen molar-refractivity contribution >= 4 is 0 Å². The molecule has 0 atom stereocenters. The zero-order valence-electron chi connectivity index (χ0n) is 19.3. The molecule has 0 aliphatic heterocycles. The predicted octanol–water partition coefficient (Wildman–Crippen LogP) is -1.60. The van der Waals surface area contributed by atoms with Gasteiger partial charge in [0.25, 0.3) is 0 Å². The molecule has 3 aromatic carbocycles. The number of hydrogen-bond acceptors (Lipinski definition) is 0. The Morgan fingerprint density at radius 1 is 0.667 bits per heavy atom. The molecule has 3 aromatic rings. The number of allylic oxidation sites excluding steroid dienone is 4. The van der Waals surface area contributed by atoms with Crippen molar-refractivity contribution in [2.45, 2.75) is 39.0 Å². The molecule has 0 aromatic heterocycles. The maximum atomic E-state index is 2.46. The van der Waals surface area contributed by atoms with Crippen LogP contribution in [0.15, 0.2) is 112 Å². The molecule has 1 aliphatic rings. The van der Waals surface area contributed by atoms with Gasteiger partial charge in [-0.1, -0.05) is 0 Å². The van der Waals surface area contributed by atoms with Gasteiger partial charge in [0.05, 0.1) is 0 Å². The molecule has 0 fully saturated rings. The molecule has 4 heteroatoms. The summed E-state index contributed by atoms with van der Waals surface area (Å²) in [5, 5.41) is 0. The number of hydrogen-bond donors (Lipinski definition) is 0. The Hall–Kier alpha value is -1.28. The first kappa shape index (κ1) is 29.8. The summed E-state index contributed by atoms with van der Waals surface area (Å²) >= 11 is 2.34. The largest absolute Gasteiger partial charge is 1.00 e. The smallest absolute Gasteiger partial charge is 1.00 e. The van der Waals surface area contributed by atoms with Crippen LogP contribution in [-0.4, -0.2) is 0 Å². The monoisotopic (exact) mass is 530 g/mol. The molecule has 0 radical (unpaired) electrons. The maximum absolute atomic E-state index is 2.46.